The molecular weight excluding hydrogens is 260 g/mol. The maximum absolute atomic E-state index is 12.4. The van der Waals surface area contributed by atoms with Crippen LogP contribution >= 0.6 is 0 Å². The minimum Gasteiger partial charge on any atom is -0.343 e. The largest absolute Gasteiger partial charge is 0.343 e. The molecule has 0 saturated carbocycles. The molecule has 0 bridgehead atoms. The minimum absolute atomic E-state index is 0.00327. The number of aromatic nitrogens is 2. The first-order chi connectivity index (χ1) is 9.74. The van der Waals surface area contributed by atoms with Gasteiger partial charge in [0.15, 0.2) is 5.82 Å². The van der Waals surface area contributed by atoms with Gasteiger partial charge in [-0.1, -0.05) is 35.5 Å². The molecule has 1 saturated heterocycles. The fourth-order valence-electron chi connectivity index (χ4n) is 2.14. The first-order valence-corrected chi connectivity index (χ1v) is 6.12. The van der Waals surface area contributed by atoms with Gasteiger partial charge in [-0.3, -0.25) is 9.59 Å². The molecule has 7 nitrogen and oxygen atoms in total. The second-order valence-corrected chi connectivity index (χ2v) is 4.45. The topological polar surface area (TPSA) is 88.3 Å². The first kappa shape index (κ1) is 12.3. The molecule has 2 heterocycles. The second kappa shape index (κ2) is 5.12. The van der Waals surface area contributed by atoms with Gasteiger partial charge in [-0.2, -0.15) is 4.98 Å². The van der Waals surface area contributed by atoms with Crippen LogP contribution in [0.25, 0.3) is 0 Å². The summed E-state index contributed by atoms with van der Waals surface area (Å²) in [7, 11) is 0. The van der Waals surface area contributed by atoms with E-state index < -0.39 is 6.04 Å². The van der Waals surface area contributed by atoms with E-state index >= 15 is 0 Å². The summed E-state index contributed by atoms with van der Waals surface area (Å²) >= 11 is 0. The molecular formula is C13H12N4O3. The van der Waals surface area contributed by atoms with Crippen molar-refractivity contribution in [3.63, 3.8) is 0 Å². The van der Waals surface area contributed by atoms with Crippen molar-refractivity contribution in [3.05, 3.63) is 48.1 Å². The van der Waals surface area contributed by atoms with Crippen LogP contribution in [0.1, 0.15) is 17.4 Å². The van der Waals surface area contributed by atoms with Crippen LogP contribution in [0.2, 0.25) is 0 Å². The lowest BCUT2D eigenvalue weighted by atomic mass is 10.0. The number of nitrogens with one attached hydrogen (secondary N) is 1. The van der Waals surface area contributed by atoms with Crippen LogP contribution in [0.4, 0.5) is 0 Å². The van der Waals surface area contributed by atoms with Crippen molar-refractivity contribution >= 4 is 11.8 Å². The Morgan fingerprint density at radius 3 is 2.80 bits per heavy atom. The summed E-state index contributed by atoms with van der Waals surface area (Å²) in [5, 5.41) is 6.35. The molecule has 0 aliphatic carbocycles. The van der Waals surface area contributed by atoms with Crippen molar-refractivity contribution in [1.29, 1.82) is 0 Å². The average molecular weight is 272 g/mol. The van der Waals surface area contributed by atoms with Gasteiger partial charge < -0.3 is 14.7 Å². The summed E-state index contributed by atoms with van der Waals surface area (Å²) in [5.74, 6) is -0.0117. The fraction of sp³-hybridized carbons (Fsp3) is 0.231. The highest BCUT2D eigenvalue weighted by atomic mass is 16.5. The Balaban J connectivity index is 1.82. The highest BCUT2D eigenvalue weighted by Crippen LogP contribution is 2.19. The molecule has 3 rings (SSSR count). The van der Waals surface area contributed by atoms with E-state index in [2.05, 4.69) is 20.0 Å². The van der Waals surface area contributed by atoms with E-state index in [1.165, 1.54) is 11.3 Å². The lowest BCUT2D eigenvalue weighted by Crippen LogP contribution is -2.53. The monoisotopic (exact) mass is 272 g/mol. The molecule has 1 aliphatic rings. The Bertz CT molecular complexity index is 612. The third kappa shape index (κ3) is 2.37. The van der Waals surface area contributed by atoms with E-state index in [0.29, 0.717) is 5.82 Å². The molecule has 1 fully saturated rings. The second-order valence-electron chi connectivity index (χ2n) is 4.45. The van der Waals surface area contributed by atoms with Gasteiger partial charge in [0.2, 0.25) is 12.3 Å². The summed E-state index contributed by atoms with van der Waals surface area (Å²) < 4.78 is 4.63. The smallest absolute Gasteiger partial charge is 0.250 e. The van der Waals surface area contributed by atoms with E-state index in [0.717, 1.165) is 5.56 Å². The quantitative estimate of drug-likeness (QED) is 0.866. The first-order valence-electron chi connectivity index (χ1n) is 6.12. The normalized spacial score (nSPS) is 19.0. The molecule has 1 aromatic carbocycles. The van der Waals surface area contributed by atoms with Crippen LogP contribution < -0.4 is 5.32 Å². The van der Waals surface area contributed by atoms with Gasteiger partial charge in [-0.25, -0.2) is 0 Å². The van der Waals surface area contributed by atoms with Gasteiger partial charge in [0.25, 0.3) is 5.91 Å². The van der Waals surface area contributed by atoms with E-state index in [9.17, 15) is 9.59 Å². The van der Waals surface area contributed by atoms with E-state index in [1.807, 2.05) is 18.2 Å². The van der Waals surface area contributed by atoms with Gasteiger partial charge in [0, 0.05) is 0 Å². The summed E-state index contributed by atoms with van der Waals surface area (Å²) in [6.07, 6.45) is 1.19. The van der Waals surface area contributed by atoms with Gasteiger partial charge in [0.1, 0.15) is 12.6 Å². The average Bonchev–Trinajstić information content (AvgIpc) is 2.96. The molecule has 2 amide bonds. The number of benzene rings is 1. The van der Waals surface area contributed by atoms with Crippen molar-refractivity contribution in [2.75, 3.05) is 6.54 Å². The molecule has 1 N–H and O–H groups in total. The van der Waals surface area contributed by atoms with Crippen LogP contribution in [0.3, 0.4) is 0 Å². The van der Waals surface area contributed by atoms with Crippen molar-refractivity contribution in [2.24, 2.45) is 0 Å². The van der Waals surface area contributed by atoms with Crippen LogP contribution in [0, 0.1) is 0 Å². The van der Waals surface area contributed by atoms with Gasteiger partial charge in [-0.05, 0) is 5.56 Å². The Labute approximate surface area is 114 Å². The highest BCUT2D eigenvalue weighted by molar-refractivity contribution is 5.95. The van der Waals surface area contributed by atoms with Crippen molar-refractivity contribution in [2.45, 2.75) is 12.6 Å². The molecule has 1 atom stereocenters. The molecule has 7 heteroatoms. The molecule has 0 radical (unpaired) electrons. The fourth-order valence-corrected chi connectivity index (χ4v) is 2.14. The zero-order valence-electron chi connectivity index (χ0n) is 10.5. The van der Waals surface area contributed by atoms with Crippen LogP contribution in [-0.4, -0.2) is 33.4 Å². The molecule has 0 spiro atoms. The molecule has 1 unspecified atom stereocenters. The number of hydrogen-bond acceptors (Lipinski definition) is 5. The summed E-state index contributed by atoms with van der Waals surface area (Å²) in [4.78, 5) is 29.5. The number of carbonyl (C=O) groups excluding carboxylic acids is 2. The van der Waals surface area contributed by atoms with Crippen LogP contribution in [0.5, 0.6) is 0 Å². The van der Waals surface area contributed by atoms with E-state index in [-0.39, 0.29) is 24.9 Å². The SMILES string of the molecule is O=C1CN(Cc2ncon2)C(=O)C(c2ccccc2)N1. The summed E-state index contributed by atoms with van der Waals surface area (Å²) in [5.41, 5.74) is 0.753. The zero-order valence-corrected chi connectivity index (χ0v) is 10.5. The Morgan fingerprint density at radius 1 is 1.30 bits per heavy atom. The number of carbonyl (C=O) groups is 2. The summed E-state index contributed by atoms with van der Waals surface area (Å²) in [6.45, 7) is 0.156. The summed E-state index contributed by atoms with van der Waals surface area (Å²) in [6, 6.07) is 8.46. The van der Waals surface area contributed by atoms with Gasteiger partial charge in [0.05, 0.1) is 6.54 Å². The molecule has 1 aromatic heterocycles. The third-order valence-electron chi connectivity index (χ3n) is 3.07. The van der Waals surface area contributed by atoms with Gasteiger partial charge in [-0.15, -0.1) is 0 Å². The number of hydrogen-bond donors (Lipinski definition) is 1. The number of nitrogens with zero attached hydrogens (tertiary/aromatic N) is 3. The maximum Gasteiger partial charge on any atom is 0.250 e. The number of rotatable bonds is 3. The van der Waals surface area contributed by atoms with Crippen molar-refractivity contribution in [3.8, 4) is 0 Å². The maximum atomic E-state index is 12.4. The standard InChI is InChI=1S/C13H12N4O3/c18-11-7-17(6-10-14-8-20-16-10)13(19)12(15-11)9-4-2-1-3-5-9/h1-5,8,12H,6-7H2,(H,15,18). The number of amides is 2. The predicted molar refractivity (Wildman–Crippen MR) is 67.0 cm³/mol. The molecule has 2 aromatic rings. The molecule has 20 heavy (non-hydrogen) atoms. The van der Waals surface area contributed by atoms with Crippen LogP contribution in [-0.2, 0) is 16.1 Å². The lowest BCUT2D eigenvalue weighted by molar-refractivity contribution is -0.145. The Morgan fingerprint density at radius 2 is 2.10 bits per heavy atom. The van der Waals surface area contributed by atoms with Gasteiger partial charge >= 0.3 is 0 Å². The third-order valence-corrected chi connectivity index (χ3v) is 3.07. The van der Waals surface area contributed by atoms with Crippen LogP contribution in [0.15, 0.2) is 41.2 Å². The zero-order chi connectivity index (χ0) is 13.9. The highest BCUT2D eigenvalue weighted by Gasteiger charge is 2.34. The minimum atomic E-state index is -0.663. The van der Waals surface area contributed by atoms with E-state index in [4.69, 9.17) is 0 Å². The molecule has 102 valence electrons. The Hall–Kier alpha value is -2.70. The van der Waals surface area contributed by atoms with Crippen molar-refractivity contribution in [1.82, 2.24) is 20.4 Å². The lowest BCUT2D eigenvalue weighted by Gasteiger charge is -2.31. The predicted octanol–water partition coefficient (Wildman–Crippen LogP) is 0.269. The number of piperazine rings is 1. The molecule has 1 aliphatic heterocycles. The Kier molecular flexibility index (Phi) is 3.16. The van der Waals surface area contributed by atoms with E-state index in [1.54, 1.807) is 12.1 Å². The van der Waals surface area contributed by atoms with Crippen molar-refractivity contribution < 1.29 is 14.1 Å².